The molecule has 1 aliphatic heterocycles. The average Bonchev–Trinajstić information content (AvgIpc) is 3.09. The van der Waals surface area contributed by atoms with Gasteiger partial charge >= 0.3 is 0 Å². The summed E-state index contributed by atoms with van der Waals surface area (Å²) in [6.07, 6.45) is 0. The van der Waals surface area contributed by atoms with Crippen LogP contribution in [0, 0.1) is 0 Å². The number of carbonyl (C=O) groups is 1. The Morgan fingerprint density at radius 2 is 1.84 bits per heavy atom. The normalized spacial score (nSPS) is 15.6. The summed E-state index contributed by atoms with van der Waals surface area (Å²) < 4.78 is 7.47. The molecule has 1 aromatic heterocycles. The van der Waals surface area contributed by atoms with Gasteiger partial charge in [0.2, 0.25) is 0 Å². The Labute approximate surface area is 147 Å². The first-order valence-corrected chi connectivity index (χ1v) is 8.52. The lowest BCUT2D eigenvalue weighted by atomic mass is 10.1. The van der Waals surface area contributed by atoms with Gasteiger partial charge in [-0.1, -0.05) is 0 Å². The molecule has 1 saturated heterocycles. The molecule has 0 N–H and O–H groups in total. The minimum Gasteiger partial charge on any atom is -0.486 e. The van der Waals surface area contributed by atoms with Crippen molar-refractivity contribution in [1.82, 2.24) is 30.0 Å². The lowest BCUT2D eigenvalue weighted by Gasteiger charge is -2.32. The van der Waals surface area contributed by atoms with E-state index in [1.165, 1.54) is 0 Å². The molecule has 8 heteroatoms. The van der Waals surface area contributed by atoms with E-state index in [9.17, 15) is 4.79 Å². The Kier molecular flexibility index (Phi) is 5.28. The minimum absolute atomic E-state index is 0.0726. The maximum absolute atomic E-state index is 12.5. The first kappa shape index (κ1) is 17.3. The molecule has 2 aromatic rings. The van der Waals surface area contributed by atoms with E-state index in [0.29, 0.717) is 17.1 Å². The molecule has 0 aliphatic carbocycles. The van der Waals surface area contributed by atoms with E-state index in [1.54, 1.807) is 16.8 Å². The Bertz CT molecular complexity index is 704. The quantitative estimate of drug-likeness (QED) is 0.812. The molecule has 0 bridgehead atoms. The molecule has 2 heterocycles. The number of rotatable bonds is 5. The highest BCUT2D eigenvalue weighted by Crippen LogP contribution is 2.16. The van der Waals surface area contributed by atoms with E-state index in [2.05, 4.69) is 27.5 Å². The zero-order chi connectivity index (χ0) is 17.8. The van der Waals surface area contributed by atoms with Crippen molar-refractivity contribution in [3.05, 3.63) is 35.7 Å². The first-order chi connectivity index (χ1) is 12.0. The molecule has 0 radical (unpaired) electrons. The number of nitrogens with zero attached hydrogens (tertiary/aromatic N) is 6. The second-order valence-corrected chi connectivity index (χ2v) is 6.54. The van der Waals surface area contributed by atoms with Crippen LogP contribution in [-0.2, 0) is 6.61 Å². The van der Waals surface area contributed by atoms with Gasteiger partial charge in [0.05, 0.1) is 6.04 Å². The molecule has 0 saturated carbocycles. The molecule has 8 nitrogen and oxygen atoms in total. The maximum atomic E-state index is 12.5. The number of carbonyl (C=O) groups excluding carboxylic acids is 1. The van der Waals surface area contributed by atoms with Gasteiger partial charge in [0.15, 0.2) is 5.82 Å². The zero-order valence-corrected chi connectivity index (χ0v) is 14.9. The van der Waals surface area contributed by atoms with Crippen LogP contribution in [0.15, 0.2) is 24.3 Å². The summed E-state index contributed by atoms with van der Waals surface area (Å²) in [6.45, 7) is 7.68. The Balaban J connectivity index is 1.58. The number of benzene rings is 1. The summed E-state index contributed by atoms with van der Waals surface area (Å²) >= 11 is 0. The highest BCUT2D eigenvalue weighted by Gasteiger charge is 2.20. The van der Waals surface area contributed by atoms with Crippen LogP contribution in [-0.4, -0.2) is 69.1 Å². The Morgan fingerprint density at radius 3 is 2.48 bits per heavy atom. The number of likely N-dealkylation sites (N-methyl/N-ethyl adjacent to an activating group) is 1. The number of hydrogen-bond donors (Lipinski definition) is 0. The fourth-order valence-electron chi connectivity index (χ4n) is 2.74. The van der Waals surface area contributed by atoms with Gasteiger partial charge in [-0.05, 0) is 55.6 Å². The molecule has 0 atom stereocenters. The van der Waals surface area contributed by atoms with Crippen LogP contribution >= 0.6 is 0 Å². The van der Waals surface area contributed by atoms with Crippen LogP contribution in [0.2, 0.25) is 0 Å². The SMILES string of the molecule is CC(C)n1nnnc1COc1ccc(C(=O)N2CCN(C)CC2)cc1. The van der Waals surface area contributed by atoms with E-state index in [4.69, 9.17) is 4.74 Å². The summed E-state index contributed by atoms with van der Waals surface area (Å²) in [6, 6.07) is 7.42. The van der Waals surface area contributed by atoms with Crippen LogP contribution in [0.25, 0.3) is 0 Å². The molecule has 3 rings (SSSR count). The van der Waals surface area contributed by atoms with Crippen molar-refractivity contribution >= 4 is 5.91 Å². The molecule has 0 spiro atoms. The van der Waals surface area contributed by atoms with Gasteiger partial charge in [0.25, 0.3) is 5.91 Å². The lowest BCUT2D eigenvalue weighted by Crippen LogP contribution is -2.47. The lowest BCUT2D eigenvalue weighted by molar-refractivity contribution is 0.0664. The van der Waals surface area contributed by atoms with Crippen molar-refractivity contribution in [2.75, 3.05) is 33.2 Å². The van der Waals surface area contributed by atoms with Crippen LogP contribution in [0.3, 0.4) is 0 Å². The number of tetrazole rings is 1. The highest BCUT2D eigenvalue weighted by atomic mass is 16.5. The van der Waals surface area contributed by atoms with Gasteiger partial charge in [0, 0.05) is 31.7 Å². The van der Waals surface area contributed by atoms with Crippen LogP contribution in [0.5, 0.6) is 5.75 Å². The predicted octanol–water partition coefficient (Wildman–Crippen LogP) is 1.22. The van der Waals surface area contributed by atoms with Crippen LogP contribution in [0.1, 0.15) is 36.1 Å². The number of ether oxygens (including phenoxy) is 1. The molecule has 134 valence electrons. The van der Waals surface area contributed by atoms with Crippen molar-refractivity contribution < 1.29 is 9.53 Å². The predicted molar refractivity (Wildman–Crippen MR) is 92.4 cm³/mol. The molecular formula is C17H24N6O2. The molecule has 1 aliphatic rings. The van der Waals surface area contributed by atoms with Crippen LogP contribution in [0.4, 0.5) is 0 Å². The number of amides is 1. The standard InChI is InChI=1S/C17H24N6O2/c1-13(2)23-16(18-19-20-23)12-25-15-6-4-14(5-7-15)17(24)22-10-8-21(3)9-11-22/h4-7,13H,8-12H2,1-3H3. The van der Waals surface area contributed by atoms with E-state index < -0.39 is 0 Å². The highest BCUT2D eigenvalue weighted by molar-refractivity contribution is 5.94. The summed E-state index contributed by atoms with van der Waals surface area (Å²) in [5.41, 5.74) is 0.684. The monoisotopic (exact) mass is 344 g/mol. The molecule has 25 heavy (non-hydrogen) atoms. The van der Waals surface area contributed by atoms with Crippen molar-refractivity contribution in [1.29, 1.82) is 0 Å². The largest absolute Gasteiger partial charge is 0.486 e. The van der Waals surface area contributed by atoms with E-state index in [0.717, 1.165) is 26.2 Å². The smallest absolute Gasteiger partial charge is 0.253 e. The number of aromatic nitrogens is 4. The molecule has 0 unspecified atom stereocenters. The summed E-state index contributed by atoms with van der Waals surface area (Å²) in [7, 11) is 2.07. The fraction of sp³-hybridized carbons (Fsp3) is 0.529. The Hall–Kier alpha value is -2.48. The third kappa shape index (κ3) is 4.14. The fourth-order valence-corrected chi connectivity index (χ4v) is 2.74. The van der Waals surface area contributed by atoms with E-state index in [1.807, 2.05) is 30.9 Å². The van der Waals surface area contributed by atoms with Gasteiger partial charge in [-0.2, -0.15) is 0 Å². The van der Waals surface area contributed by atoms with Gasteiger partial charge in [-0.15, -0.1) is 5.10 Å². The first-order valence-electron chi connectivity index (χ1n) is 8.52. The van der Waals surface area contributed by atoms with Crippen molar-refractivity contribution in [3.8, 4) is 5.75 Å². The van der Waals surface area contributed by atoms with E-state index >= 15 is 0 Å². The number of piperazine rings is 1. The average molecular weight is 344 g/mol. The second kappa shape index (κ2) is 7.60. The summed E-state index contributed by atoms with van der Waals surface area (Å²) in [5, 5.41) is 11.6. The van der Waals surface area contributed by atoms with Crippen LogP contribution < -0.4 is 4.74 Å². The third-order valence-corrected chi connectivity index (χ3v) is 4.31. The molecule has 1 aromatic carbocycles. The minimum atomic E-state index is 0.0726. The molecular weight excluding hydrogens is 320 g/mol. The zero-order valence-electron chi connectivity index (χ0n) is 14.9. The summed E-state index contributed by atoms with van der Waals surface area (Å²) in [5.74, 6) is 1.43. The van der Waals surface area contributed by atoms with Crippen molar-refractivity contribution in [2.45, 2.75) is 26.5 Å². The van der Waals surface area contributed by atoms with Crippen molar-refractivity contribution in [3.63, 3.8) is 0 Å². The van der Waals surface area contributed by atoms with Gasteiger partial charge < -0.3 is 14.5 Å². The third-order valence-electron chi connectivity index (χ3n) is 4.31. The van der Waals surface area contributed by atoms with Gasteiger partial charge in [-0.25, -0.2) is 4.68 Å². The topological polar surface area (TPSA) is 76.4 Å². The second-order valence-electron chi connectivity index (χ2n) is 6.54. The number of hydrogen-bond acceptors (Lipinski definition) is 6. The molecule has 1 amide bonds. The summed E-state index contributed by atoms with van der Waals surface area (Å²) in [4.78, 5) is 16.6. The van der Waals surface area contributed by atoms with E-state index in [-0.39, 0.29) is 18.6 Å². The maximum Gasteiger partial charge on any atom is 0.253 e. The van der Waals surface area contributed by atoms with Gasteiger partial charge in [0.1, 0.15) is 12.4 Å². The molecule has 1 fully saturated rings. The van der Waals surface area contributed by atoms with Gasteiger partial charge in [-0.3, -0.25) is 4.79 Å². The van der Waals surface area contributed by atoms with Crippen molar-refractivity contribution in [2.24, 2.45) is 0 Å². The Morgan fingerprint density at radius 1 is 1.16 bits per heavy atom.